The molecule has 1 aromatic carbocycles. The Morgan fingerprint density at radius 1 is 1.28 bits per heavy atom. The summed E-state index contributed by atoms with van der Waals surface area (Å²) in [6.45, 7) is 1.05. The predicted molar refractivity (Wildman–Crippen MR) is 111 cm³/mol. The molecule has 0 saturated heterocycles. The minimum atomic E-state index is -4.30. The summed E-state index contributed by atoms with van der Waals surface area (Å²) in [5.41, 5.74) is 5.81. The molecule has 0 saturated carbocycles. The zero-order chi connectivity index (χ0) is 21.4. The van der Waals surface area contributed by atoms with E-state index in [2.05, 4.69) is 10.3 Å². The third-order valence-electron chi connectivity index (χ3n) is 4.21. The average Bonchev–Trinajstić information content (AvgIpc) is 3.07. The van der Waals surface area contributed by atoms with Crippen LogP contribution in [0.4, 0.5) is 19.6 Å². The summed E-state index contributed by atoms with van der Waals surface area (Å²) < 4.78 is 54.0. The van der Waals surface area contributed by atoms with Gasteiger partial charge in [-0.2, -0.15) is 4.39 Å². The molecule has 12 heteroatoms. The maximum atomic E-state index is 14.4. The second-order valence-corrected chi connectivity index (χ2v) is 9.44. The molecule has 29 heavy (non-hydrogen) atoms. The average molecular weight is 469 g/mol. The number of benzene rings is 1. The second-order valence-electron chi connectivity index (χ2n) is 6.40. The van der Waals surface area contributed by atoms with Gasteiger partial charge in [-0.1, -0.05) is 35.8 Å². The lowest BCUT2D eigenvalue weighted by atomic mass is 10.0. The maximum Gasteiger partial charge on any atom is 0.266 e. The largest absolute Gasteiger partial charge is 0.396 e. The number of hydrogen-bond acceptors (Lipinski definition) is 7. The van der Waals surface area contributed by atoms with Crippen molar-refractivity contribution in [2.75, 3.05) is 29.7 Å². The number of aliphatic hydroxyl groups excluding tert-OH is 1. The monoisotopic (exact) mass is 468 g/mol. The molecule has 0 aliphatic heterocycles. The van der Waals surface area contributed by atoms with Crippen molar-refractivity contribution in [1.29, 1.82) is 0 Å². The molecule has 7 nitrogen and oxygen atoms in total. The van der Waals surface area contributed by atoms with Crippen molar-refractivity contribution in [1.82, 2.24) is 4.98 Å². The first kappa shape index (κ1) is 23.7. The van der Waals surface area contributed by atoms with Crippen LogP contribution in [0.5, 0.6) is 0 Å². The van der Waals surface area contributed by atoms with Gasteiger partial charge in [0, 0.05) is 13.2 Å². The third kappa shape index (κ3) is 7.03. The number of rotatable bonds is 12. The Morgan fingerprint density at radius 3 is 2.66 bits per heavy atom. The van der Waals surface area contributed by atoms with Crippen molar-refractivity contribution in [3.63, 3.8) is 0 Å². The van der Waals surface area contributed by atoms with E-state index in [0.717, 1.165) is 44.0 Å². The normalized spacial score (nSPS) is 12.7. The molecule has 162 valence electrons. The van der Waals surface area contributed by atoms with Crippen LogP contribution in [0.1, 0.15) is 25.7 Å². The molecule has 0 unspecified atom stereocenters. The molecule has 2 rings (SSSR count). The lowest BCUT2D eigenvalue weighted by Gasteiger charge is -2.13. The number of nitrogens with two attached hydrogens (primary N) is 1. The quantitative estimate of drug-likeness (QED) is 0.354. The molecule has 2 aromatic rings. The van der Waals surface area contributed by atoms with Gasteiger partial charge in [0.1, 0.15) is 10.7 Å². The molecule has 0 amide bonds. The minimum absolute atomic E-state index is 0.0422. The van der Waals surface area contributed by atoms with E-state index >= 15 is 0 Å². The predicted octanol–water partition coefficient (Wildman–Crippen LogP) is 3.42. The molecule has 0 bridgehead atoms. The van der Waals surface area contributed by atoms with E-state index in [0.29, 0.717) is 24.4 Å². The Balaban J connectivity index is 1.93. The highest BCUT2D eigenvalue weighted by molar-refractivity contribution is 7.93. The van der Waals surface area contributed by atoms with E-state index in [1.165, 1.54) is 0 Å². The summed E-state index contributed by atoms with van der Waals surface area (Å²) in [7, 11) is -4.30. The van der Waals surface area contributed by atoms with E-state index < -0.39 is 25.9 Å². The number of nitrogens with one attached hydrogen (secondary N) is 2. The fourth-order valence-electron chi connectivity index (χ4n) is 2.58. The summed E-state index contributed by atoms with van der Waals surface area (Å²) in [6, 6.07) is 2.01. The number of hydrogen-bond donors (Lipinski definition) is 4. The van der Waals surface area contributed by atoms with Crippen molar-refractivity contribution in [3.05, 3.63) is 34.3 Å². The van der Waals surface area contributed by atoms with E-state index in [4.69, 9.17) is 22.4 Å². The van der Waals surface area contributed by atoms with Crippen LogP contribution in [0.3, 0.4) is 0 Å². The molecule has 0 fully saturated rings. The van der Waals surface area contributed by atoms with Crippen molar-refractivity contribution in [2.24, 2.45) is 11.7 Å². The van der Waals surface area contributed by atoms with Gasteiger partial charge in [0.25, 0.3) is 10.0 Å². The highest BCUT2D eigenvalue weighted by Gasteiger charge is 2.23. The summed E-state index contributed by atoms with van der Waals surface area (Å²) in [5, 5.41) is 11.2. The highest BCUT2D eigenvalue weighted by atomic mass is 35.5. The lowest BCUT2D eigenvalue weighted by molar-refractivity contribution is 0.220. The molecular formula is C17H23ClF2N4O3S2. The summed E-state index contributed by atoms with van der Waals surface area (Å²) in [5.74, 6) is -0.884. The fourth-order valence-corrected chi connectivity index (χ4v) is 4.75. The second kappa shape index (κ2) is 11.0. The molecule has 0 aliphatic carbocycles. The minimum Gasteiger partial charge on any atom is -0.396 e. The number of anilines is 2. The molecule has 5 N–H and O–H groups in total. The zero-order valence-corrected chi connectivity index (χ0v) is 17.9. The fraction of sp³-hybridized carbons (Fsp3) is 0.471. The first-order valence-corrected chi connectivity index (χ1v) is 11.6. The molecule has 0 radical (unpaired) electrons. The smallest absolute Gasteiger partial charge is 0.266 e. The van der Waals surface area contributed by atoms with Crippen LogP contribution in [0.25, 0.3) is 0 Å². The molecular weight excluding hydrogens is 446 g/mol. The van der Waals surface area contributed by atoms with Crippen molar-refractivity contribution < 1.29 is 22.3 Å². The highest BCUT2D eigenvalue weighted by Crippen LogP contribution is 2.30. The first-order valence-electron chi connectivity index (χ1n) is 8.94. The number of unbranched alkanes of at least 4 members (excludes halogenated alkanes) is 2. The van der Waals surface area contributed by atoms with Gasteiger partial charge in [0.15, 0.2) is 10.3 Å². The van der Waals surface area contributed by atoms with Crippen molar-refractivity contribution in [3.8, 4) is 0 Å². The number of thiazole rings is 1. The van der Waals surface area contributed by atoms with Gasteiger partial charge >= 0.3 is 0 Å². The van der Waals surface area contributed by atoms with Gasteiger partial charge in [0.2, 0.25) is 0 Å². The standard InChI is InChI=1S/C17H23ClF2N4O3S2/c18-12-6-15(29(26,27)24-17-23-9-16(20)28-17)13(19)7-14(12)22-5-3-1-2-4-11(8-21)10-25/h6-7,9,11,22,25H,1-5,8,10,21H2,(H,23,24)/t11-/m1/s1. The Hall–Kier alpha value is -1.53. The van der Waals surface area contributed by atoms with Gasteiger partial charge in [-0.25, -0.2) is 17.8 Å². The number of halogens is 3. The SMILES string of the molecule is NC[C@H](CO)CCCCCNc1cc(F)c(S(=O)(=O)Nc2ncc(F)s2)cc1Cl. The van der Waals surface area contributed by atoms with Crippen LogP contribution in [0, 0.1) is 16.9 Å². The Morgan fingerprint density at radius 2 is 2.03 bits per heavy atom. The topological polar surface area (TPSA) is 117 Å². The molecule has 1 heterocycles. The summed E-state index contributed by atoms with van der Waals surface area (Å²) in [6.07, 6.45) is 4.29. The molecule has 0 spiro atoms. The van der Waals surface area contributed by atoms with E-state index in [-0.39, 0.29) is 28.4 Å². The molecule has 1 aromatic heterocycles. The van der Waals surface area contributed by atoms with Crippen LogP contribution in [-0.2, 0) is 10.0 Å². The number of aliphatic hydroxyl groups is 1. The Labute approximate surface area is 177 Å². The van der Waals surface area contributed by atoms with Crippen LogP contribution in [0.2, 0.25) is 5.02 Å². The van der Waals surface area contributed by atoms with Gasteiger partial charge in [-0.3, -0.25) is 4.72 Å². The van der Waals surface area contributed by atoms with Crippen LogP contribution >= 0.6 is 22.9 Å². The van der Waals surface area contributed by atoms with Gasteiger partial charge in [-0.05, 0) is 37.4 Å². The van der Waals surface area contributed by atoms with E-state index in [1.807, 2.05) is 4.72 Å². The summed E-state index contributed by atoms with van der Waals surface area (Å²) in [4.78, 5) is 2.90. The van der Waals surface area contributed by atoms with Crippen LogP contribution in [-0.4, -0.2) is 38.2 Å². The molecule has 0 aliphatic rings. The lowest BCUT2D eigenvalue weighted by Crippen LogP contribution is -2.17. The number of sulfonamides is 1. The summed E-state index contributed by atoms with van der Waals surface area (Å²) >= 11 is 6.59. The van der Waals surface area contributed by atoms with Crippen molar-refractivity contribution in [2.45, 2.75) is 30.6 Å². The van der Waals surface area contributed by atoms with E-state index in [1.54, 1.807) is 0 Å². The Bertz CT molecular complexity index is 908. The first-order chi connectivity index (χ1) is 13.8. The van der Waals surface area contributed by atoms with Gasteiger partial charge < -0.3 is 16.2 Å². The van der Waals surface area contributed by atoms with Crippen LogP contribution in [0.15, 0.2) is 23.2 Å². The molecule has 1 atom stereocenters. The van der Waals surface area contributed by atoms with E-state index in [9.17, 15) is 17.2 Å². The third-order valence-corrected chi connectivity index (χ3v) is 6.70. The number of nitrogens with zero attached hydrogens (tertiary/aromatic N) is 1. The van der Waals surface area contributed by atoms with Gasteiger partial charge in [0.05, 0.1) is 16.9 Å². The van der Waals surface area contributed by atoms with Gasteiger partial charge in [-0.15, -0.1) is 0 Å². The number of aromatic nitrogens is 1. The maximum absolute atomic E-state index is 14.4. The van der Waals surface area contributed by atoms with Crippen LogP contribution < -0.4 is 15.8 Å². The Kier molecular flexibility index (Phi) is 9.03. The van der Waals surface area contributed by atoms with Crippen molar-refractivity contribution >= 4 is 43.8 Å². The zero-order valence-electron chi connectivity index (χ0n) is 15.5.